The van der Waals surface area contributed by atoms with E-state index in [0.717, 1.165) is 66.7 Å². The third kappa shape index (κ3) is 3.90. The maximum absolute atomic E-state index is 5.62. The van der Waals surface area contributed by atoms with Crippen LogP contribution in [0.3, 0.4) is 0 Å². The molecule has 0 radical (unpaired) electrons. The highest BCUT2D eigenvalue weighted by Crippen LogP contribution is 2.63. The van der Waals surface area contributed by atoms with Crippen LogP contribution in [-0.2, 0) is 5.41 Å². The Balaban J connectivity index is 1.12. The van der Waals surface area contributed by atoms with Crippen molar-refractivity contribution in [1.29, 1.82) is 0 Å². The smallest absolute Gasteiger partial charge is 0.237 e. The summed E-state index contributed by atoms with van der Waals surface area (Å²) in [4.78, 5) is 16.4. The summed E-state index contributed by atoms with van der Waals surface area (Å²) in [5, 5.41) is 2.32. The van der Waals surface area contributed by atoms with Crippen LogP contribution in [0.25, 0.3) is 94.9 Å². The van der Waals surface area contributed by atoms with Gasteiger partial charge >= 0.3 is 0 Å². The van der Waals surface area contributed by atoms with E-state index in [0.29, 0.717) is 5.95 Å². The molecule has 6 heteroatoms. The minimum Gasteiger partial charge on any atom is -0.278 e. The molecule has 0 fully saturated rings. The number of hydrogen-bond donors (Lipinski definition) is 0. The Morgan fingerprint density at radius 2 is 0.883 bits per heavy atom. The highest BCUT2D eigenvalue weighted by molar-refractivity contribution is 6.09. The first-order valence-electron chi connectivity index (χ1n) is 20.5. The van der Waals surface area contributed by atoms with Crippen LogP contribution in [0, 0.1) is 0 Å². The van der Waals surface area contributed by atoms with E-state index >= 15 is 0 Å². The Labute approximate surface area is 343 Å². The summed E-state index contributed by atoms with van der Waals surface area (Å²) in [7, 11) is 0. The number of hydrogen-bond acceptors (Lipinski definition) is 3. The van der Waals surface area contributed by atoms with E-state index in [1.807, 2.05) is 6.07 Å². The molecule has 0 saturated carbocycles. The fraction of sp³-hybridized carbons (Fsp3) is 0.0185. The van der Waals surface area contributed by atoms with E-state index in [-0.39, 0.29) is 0 Å². The van der Waals surface area contributed by atoms with Crippen LogP contribution in [0.5, 0.6) is 0 Å². The number of aromatic nitrogens is 6. The highest BCUT2D eigenvalue weighted by Gasteiger charge is 2.52. The van der Waals surface area contributed by atoms with Gasteiger partial charge in [-0.25, -0.2) is 9.97 Å². The van der Waals surface area contributed by atoms with Crippen molar-refractivity contribution in [1.82, 2.24) is 28.5 Å². The Morgan fingerprint density at radius 1 is 0.367 bits per heavy atom. The Hall–Kier alpha value is -8.09. The van der Waals surface area contributed by atoms with Gasteiger partial charge in [0.15, 0.2) is 0 Å². The lowest BCUT2D eigenvalue weighted by molar-refractivity contribution is 0.794. The summed E-state index contributed by atoms with van der Waals surface area (Å²) < 4.78 is 6.69. The van der Waals surface area contributed by atoms with Crippen molar-refractivity contribution >= 4 is 49.7 Å². The number of para-hydroxylation sites is 6. The van der Waals surface area contributed by atoms with E-state index in [1.54, 1.807) is 0 Å². The topological polar surface area (TPSA) is 52.9 Å². The molecular formula is C54H32N6. The molecule has 6 nitrogen and oxygen atoms in total. The molecule has 0 bridgehead atoms. The zero-order valence-electron chi connectivity index (χ0n) is 32.2. The molecule has 0 aliphatic heterocycles. The Kier molecular flexibility index (Phi) is 6.13. The van der Waals surface area contributed by atoms with Crippen LogP contribution in [0.4, 0.5) is 0 Å². The quantitative estimate of drug-likeness (QED) is 0.180. The van der Waals surface area contributed by atoms with Gasteiger partial charge in [0.1, 0.15) is 5.82 Å². The number of imidazole rings is 2. The maximum Gasteiger partial charge on any atom is 0.237 e. The molecule has 12 aromatic rings. The minimum absolute atomic E-state index is 0.473. The van der Waals surface area contributed by atoms with Crippen molar-refractivity contribution in [2.45, 2.75) is 5.41 Å². The van der Waals surface area contributed by atoms with Gasteiger partial charge in [0.05, 0.1) is 44.2 Å². The minimum atomic E-state index is -0.473. The van der Waals surface area contributed by atoms with Crippen molar-refractivity contribution < 1.29 is 0 Å². The van der Waals surface area contributed by atoms with Gasteiger partial charge in [-0.15, -0.1) is 0 Å². The maximum atomic E-state index is 5.62. The van der Waals surface area contributed by atoms with Gasteiger partial charge in [-0.3, -0.25) is 13.5 Å². The van der Waals surface area contributed by atoms with Gasteiger partial charge < -0.3 is 0 Å². The third-order valence-corrected chi connectivity index (χ3v) is 13.1. The molecule has 0 unspecified atom stereocenters. The van der Waals surface area contributed by atoms with Crippen LogP contribution in [0.1, 0.15) is 22.3 Å². The fourth-order valence-corrected chi connectivity index (χ4v) is 10.8. The van der Waals surface area contributed by atoms with E-state index in [4.69, 9.17) is 15.0 Å². The fourth-order valence-electron chi connectivity index (χ4n) is 10.8. The molecule has 60 heavy (non-hydrogen) atoms. The van der Waals surface area contributed by atoms with Gasteiger partial charge in [-0.1, -0.05) is 152 Å². The van der Waals surface area contributed by atoms with Crippen LogP contribution in [0.15, 0.2) is 194 Å². The Bertz CT molecular complexity index is 3710. The van der Waals surface area contributed by atoms with Crippen molar-refractivity contribution in [3.63, 3.8) is 0 Å². The van der Waals surface area contributed by atoms with E-state index in [9.17, 15) is 0 Å². The van der Waals surface area contributed by atoms with Gasteiger partial charge in [0.2, 0.25) is 11.7 Å². The molecule has 2 aliphatic carbocycles. The van der Waals surface area contributed by atoms with Crippen molar-refractivity contribution in [3.05, 3.63) is 216 Å². The first kappa shape index (κ1) is 31.9. The predicted molar refractivity (Wildman–Crippen MR) is 241 cm³/mol. The lowest BCUT2D eigenvalue weighted by atomic mass is 9.70. The molecule has 4 heterocycles. The number of fused-ring (bicyclic) bond motifs is 18. The number of nitrogens with zero attached hydrogens (tertiary/aromatic N) is 6. The molecule has 1 spiro atoms. The summed E-state index contributed by atoms with van der Waals surface area (Å²) in [5.41, 5.74) is 17.8. The molecule has 4 aromatic heterocycles. The van der Waals surface area contributed by atoms with Crippen LogP contribution >= 0.6 is 0 Å². The summed E-state index contributed by atoms with van der Waals surface area (Å²) in [5.74, 6) is 2.15. The highest BCUT2D eigenvalue weighted by atomic mass is 15.3. The average Bonchev–Trinajstić information content (AvgIpc) is 4.09. The van der Waals surface area contributed by atoms with Gasteiger partial charge in [0, 0.05) is 22.4 Å². The molecule has 278 valence electrons. The van der Waals surface area contributed by atoms with Crippen LogP contribution in [-0.4, -0.2) is 28.5 Å². The second-order valence-corrected chi connectivity index (χ2v) is 16.0. The number of rotatable bonds is 3. The largest absolute Gasteiger partial charge is 0.278 e. The Morgan fingerprint density at radius 3 is 1.58 bits per heavy atom. The van der Waals surface area contributed by atoms with E-state index in [1.165, 1.54) is 44.5 Å². The van der Waals surface area contributed by atoms with Crippen molar-refractivity contribution in [2.75, 3.05) is 0 Å². The monoisotopic (exact) mass is 764 g/mol. The SMILES string of the molecule is c1ccc2c(c1)-c1ccccc1C21c2ccccc2-c2c(-c3cc(-n4c5ccccc5n5c6ccccc6nc45)nc(-n4c5ccccc5c5ccccc54)n3)cccc21. The van der Waals surface area contributed by atoms with Crippen LogP contribution in [0.2, 0.25) is 0 Å². The lowest BCUT2D eigenvalue weighted by Crippen LogP contribution is -2.25. The van der Waals surface area contributed by atoms with E-state index < -0.39 is 5.41 Å². The van der Waals surface area contributed by atoms with Crippen LogP contribution < -0.4 is 0 Å². The first-order valence-corrected chi connectivity index (χ1v) is 20.5. The second-order valence-electron chi connectivity index (χ2n) is 16.0. The predicted octanol–water partition coefficient (Wildman–Crippen LogP) is 12.3. The molecular weight excluding hydrogens is 733 g/mol. The van der Waals surface area contributed by atoms with E-state index in [2.05, 4.69) is 202 Å². The summed E-state index contributed by atoms with van der Waals surface area (Å²) in [6.07, 6.45) is 0. The molecule has 0 N–H and O–H groups in total. The zero-order valence-corrected chi connectivity index (χ0v) is 32.2. The molecule has 0 atom stereocenters. The van der Waals surface area contributed by atoms with Gasteiger partial charge in [0.25, 0.3) is 0 Å². The average molecular weight is 765 g/mol. The molecule has 2 aliphatic rings. The first-order chi connectivity index (χ1) is 29.8. The lowest BCUT2D eigenvalue weighted by Gasteiger charge is -2.30. The summed E-state index contributed by atoms with van der Waals surface area (Å²) in [6, 6.07) is 69.9. The second kappa shape index (κ2) is 11.5. The molecule has 0 saturated heterocycles. The van der Waals surface area contributed by atoms with Crippen molar-refractivity contribution in [3.8, 4) is 45.3 Å². The normalized spacial score (nSPS) is 13.5. The number of benzene rings is 8. The summed E-state index contributed by atoms with van der Waals surface area (Å²) >= 11 is 0. The van der Waals surface area contributed by atoms with Gasteiger partial charge in [-0.2, -0.15) is 4.98 Å². The third-order valence-electron chi connectivity index (χ3n) is 13.1. The van der Waals surface area contributed by atoms with Crippen molar-refractivity contribution in [2.24, 2.45) is 0 Å². The molecule has 8 aromatic carbocycles. The standard InChI is InChI=1S/C54H32N6/c1-6-22-39-33(16-1)34-17-2-7-23-40(34)54(39)41-24-8-3-20-37(41)51-38(21-15-25-42(51)54)44-32-50(57-52(55-44)58-45-27-10-4-18-35(45)36-19-5-11-28-46(36)58)60-49-31-14-13-30-48(49)59-47-29-12-9-26-43(47)56-53(59)60/h1-32H. The summed E-state index contributed by atoms with van der Waals surface area (Å²) in [6.45, 7) is 0. The zero-order chi connectivity index (χ0) is 39.1. The molecule has 14 rings (SSSR count). The molecule has 0 amide bonds. The van der Waals surface area contributed by atoms with Gasteiger partial charge in [-0.05, 0) is 80.9 Å².